The normalized spacial score (nSPS) is 9.89. The van der Waals surface area contributed by atoms with Crippen molar-refractivity contribution in [3.05, 3.63) is 28.9 Å². The van der Waals surface area contributed by atoms with Crippen molar-refractivity contribution in [2.75, 3.05) is 19.5 Å². The van der Waals surface area contributed by atoms with Crippen molar-refractivity contribution < 1.29 is 9.13 Å². The average Bonchev–Trinajstić information content (AvgIpc) is 2.81. The summed E-state index contributed by atoms with van der Waals surface area (Å²) in [5.41, 5.74) is 0.912. The minimum Gasteiger partial charge on any atom is -0.496 e. The Morgan fingerprint density at radius 1 is 1.50 bits per heavy atom. The second kappa shape index (κ2) is 5.02. The number of halogens is 1. The molecule has 18 heavy (non-hydrogen) atoms. The molecule has 1 aromatic carbocycles. The zero-order valence-corrected chi connectivity index (χ0v) is 10.6. The van der Waals surface area contributed by atoms with E-state index in [0.29, 0.717) is 27.0 Å². The minimum absolute atomic E-state index is 0.395. The van der Waals surface area contributed by atoms with Crippen molar-refractivity contribution in [2.45, 2.75) is 0 Å². The van der Waals surface area contributed by atoms with Gasteiger partial charge in [0.25, 0.3) is 0 Å². The summed E-state index contributed by atoms with van der Waals surface area (Å²) in [6, 6.07) is 6.19. The number of nitrogens with zero attached hydrogens (tertiary/aromatic N) is 2. The van der Waals surface area contributed by atoms with Gasteiger partial charge in [-0.2, -0.15) is 5.26 Å². The SMILES string of the molecule is CNc1nc(-c2cc(F)ccc2OC)c(C#N)s1. The monoisotopic (exact) mass is 263 g/mol. The summed E-state index contributed by atoms with van der Waals surface area (Å²) in [5.74, 6) is 0.0922. The number of hydrogen-bond acceptors (Lipinski definition) is 5. The summed E-state index contributed by atoms with van der Waals surface area (Å²) in [5, 5.41) is 12.5. The van der Waals surface area contributed by atoms with Crippen molar-refractivity contribution in [1.82, 2.24) is 4.98 Å². The molecule has 1 N–H and O–H groups in total. The lowest BCUT2D eigenvalue weighted by molar-refractivity contribution is 0.415. The Labute approximate surface area is 108 Å². The van der Waals surface area contributed by atoms with Crippen LogP contribution < -0.4 is 10.1 Å². The summed E-state index contributed by atoms with van der Waals surface area (Å²) >= 11 is 1.22. The Kier molecular flexibility index (Phi) is 3.44. The Balaban J connectivity index is 2.64. The van der Waals surface area contributed by atoms with Crippen LogP contribution in [0.5, 0.6) is 5.75 Å². The second-order valence-electron chi connectivity index (χ2n) is 3.40. The smallest absolute Gasteiger partial charge is 0.184 e. The number of benzene rings is 1. The molecule has 0 aliphatic rings. The predicted octanol–water partition coefficient (Wildman–Crippen LogP) is 2.87. The van der Waals surface area contributed by atoms with Gasteiger partial charge in [-0.1, -0.05) is 11.3 Å². The molecule has 4 nitrogen and oxygen atoms in total. The molecule has 1 heterocycles. The summed E-state index contributed by atoms with van der Waals surface area (Å²) in [4.78, 5) is 4.68. The number of anilines is 1. The molecule has 0 radical (unpaired) electrons. The van der Waals surface area contributed by atoms with E-state index in [1.165, 1.54) is 36.6 Å². The molecule has 2 rings (SSSR count). The zero-order chi connectivity index (χ0) is 13.1. The quantitative estimate of drug-likeness (QED) is 0.925. The molecular weight excluding hydrogens is 253 g/mol. The number of thiazole rings is 1. The van der Waals surface area contributed by atoms with Gasteiger partial charge in [-0.15, -0.1) is 0 Å². The number of hydrogen-bond donors (Lipinski definition) is 1. The molecule has 0 bridgehead atoms. The third-order valence-corrected chi connectivity index (χ3v) is 3.34. The molecule has 0 aliphatic carbocycles. The van der Waals surface area contributed by atoms with Gasteiger partial charge < -0.3 is 10.1 Å². The molecule has 0 fully saturated rings. The first-order valence-electron chi connectivity index (χ1n) is 5.12. The second-order valence-corrected chi connectivity index (χ2v) is 4.40. The lowest BCUT2D eigenvalue weighted by atomic mass is 10.1. The maximum Gasteiger partial charge on any atom is 0.184 e. The predicted molar refractivity (Wildman–Crippen MR) is 68.3 cm³/mol. The first kappa shape index (κ1) is 12.3. The molecule has 0 spiro atoms. The average molecular weight is 263 g/mol. The fraction of sp³-hybridized carbons (Fsp3) is 0.167. The van der Waals surface area contributed by atoms with Crippen LogP contribution >= 0.6 is 11.3 Å². The van der Waals surface area contributed by atoms with Gasteiger partial charge in [0.15, 0.2) is 5.13 Å². The van der Waals surface area contributed by atoms with E-state index in [9.17, 15) is 4.39 Å². The Morgan fingerprint density at radius 3 is 2.89 bits per heavy atom. The van der Waals surface area contributed by atoms with E-state index < -0.39 is 5.82 Å². The Bertz CT molecular complexity index is 618. The molecular formula is C12H10FN3OS. The van der Waals surface area contributed by atoms with Crippen LogP contribution in [0.4, 0.5) is 9.52 Å². The van der Waals surface area contributed by atoms with Crippen LogP contribution in [-0.4, -0.2) is 19.1 Å². The van der Waals surface area contributed by atoms with Crippen molar-refractivity contribution in [3.63, 3.8) is 0 Å². The van der Waals surface area contributed by atoms with E-state index in [0.717, 1.165) is 0 Å². The van der Waals surface area contributed by atoms with Crippen LogP contribution in [0.1, 0.15) is 4.88 Å². The van der Waals surface area contributed by atoms with Gasteiger partial charge in [-0.05, 0) is 18.2 Å². The number of aromatic nitrogens is 1. The fourth-order valence-corrected chi connectivity index (χ4v) is 2.28. The molecule has 0 saturated heterocycles. The maximum atomic E-state index is 13.3. The molecule has 0 aliphatic heterocycles. The van der Waals surface area contributed by atoms with Crippen molar-refractivity contribution in [2.24, 2.45) is 0 Å². The van der Waals surface area contributed by atoms with Crippen LogP contribution in [0.25, 0.3) is 11.3 Å². The lowest BCUT2D eigenvalue weighted by Crippen LogP contribution is -1.91. The summed E-state index contributed by atoms with van der Waals surface area (Å²) in [7, 11) is 3.21. The molecule has 0 amide bonds. The maximum absolute atomic E-state index is 13.3. The molecule has 92 valence electrons. The Hall–Kier alpha value is -2.13. The van der Waals surface area contributed by atoms with Gasteiger partial charge in [-0.3, -0.25) is 0 Å². The number of methoxy groups -OCH3 is 1. The highest BCUT2D eigenvalue weighted by atomic mass is 32.1. The van der Waals surface area contributed by atoms with Crippen molar-refractivity contribution >= 4 is 16.5 Å². The van der Waals surface area contributed by atoms with Gasteiger partial charge in [0.2, 0.25) is 0 Å². The van der Waals surface area contributed by atoms with Crippen LogP contribution in [0.15, 0.2) is 18.2 Å². The van der Waals surface area contributed by atoms with E-state index in [4.69, 9.17) is 10.00 Å². The number of ether oxygens (including phenoxy) is 1. The summed E-state index contributed by atoms with van der Waals surface area (Å²) in [6.45, 7) is 0. The van der Waals surface area contributed by atoms with E-state index in [1.54, 1.807) is 7.05 Å². The molecule has 1 aromatic heterocycles. The van der Waals surface area contributed by atoms with Gasteiger partial charge >= 0.3 is 0 Å². The van der Waals surface area contributed by atoms with Gasteiger partial charge in [0, 0.05) is 12.6 Å². The fourth-order valence-electron chi connectivity index (χ4n) is 1.55. The highest BCUT2D eigenvalue weighted by Crippen LogP contribution is 2.36. The number of nitriles is 1. The highest BCUT2D eigenvalue weighted by Gasteiger charge is 2.16. The molecule has 6 heteroatoms. The van der Waals surface area contributed by atoms with Gasteiger partial charge in [0.05, 0.1) is 7.11 Å². The van der Waals surface area contributed by atoms with Gasteiger partial charge in [-0.25, -0.2) is 9.37 Å². The number of nitrogens with one attached hydrogen (secondary N) is 1. The van der Waals surface area contributed by atoms with Crippen LogP contribution in [-0.2, 0) is 0 Å². The molecule has 0 saturated carbocycles. The summed E-state index contributed by atoms with van der Waals surface area (Å²) in [6.07, 6.45) is 0. The summed E-state index contributed by atoms with van der Waals surface area (Å²) < 4.78 is 18.5. The van der Waals surface area contributed by atoms with E-state index in [1.807, 2.05) is 0 Å². The third-order valence-electron chi connectivity index (χ3n) is 2.36. The first-order chi connectivity index (χ1) is 8.69. The zero-order valence-electron chi connectivity index (χ0n) is 9.82. The Morgan fingerprint density at radius 2 is 2.28 bits per heavy atom. The third kappa shape index (κ3) is 2.13. The molecule has 0 atom stereocenters. The number of rotatable bonds is 3. The van der Waals surface area contributed by atoms with E-state index >= 15 is 0 Å². The van der Waals surface area contributed by atoms with E-state index in [2.05, 4.69) is 16.4 Å². The van der Waals surface area contributed by atoms with Crippen molar-refractivity contribution in [1.29, 1.82) is 5.26 Å². The highest BCUT2D eigenvalue weighted by molar-refractivity contribution is 7.16. The van der Waals surface area contributed by atoms with E-state index in [-0.39, 0.29) is 0 Å². The standard InChI is InChI=1S/C12H10FN3OS/c1-15-12-16-11(10(6-14)18-12)8-5-7(13)3-4-9(8)17-2/h3-5H,1-2H3,(H,15,16). The minimum atomic E-state index is -0.395. The molecule has 0 unspecified atom stereocenters. The molecule has 2 aromatic rings. The van der Waals surface area contributed by atoms with Crippen molar-refractivity contribution in [3.8, 4) is 23.1 Å². The first-order valence-corrected chi connectivity index (χ1v) is 5.93. The van der Waals surface area contributed by atoms with Crippen LogP contribution in [0, 0.1) is 17.1 Å². The lowest BCUT2D eigenvalue weighted by Gasteiger charge is -2.06. The van der Waals surface area contributed by atoms with Crippen LogP contribution in [0.2, 0.25) is 0 Å². The largest absolute Gasteiger partial charge is 0.496 e. The van der Waals surface area contributed by atoms with Crippen LogP contribution in [0.3, 0.4) is 0 Å². The topological polar surface area (TPSA) is 57.9 Å². The van der Waals surface area contributed by atoms with Gasteiger partial charge in [0.1, 0.15) is 28.2 Å².